The molecule has 0 unspecified atom stereocenters. The highest BCUT2D eigenvalue weighted by Crippen LogP contribution is 2.51. The van der Waals surface area contributed by atoms with Crippen molar-refractivity contribution >= 4 is 237 Å². The second-order valence-electron chi connectivity index (χ2n) is 34.1. The van der Waals surface area contributed by atoms with Gasteiger partial charge in [-0.25, -0.2) is 29.9 Å². The normalized spacial score (nSPS) is 12.2. The number of aromatic nitrogens is 8. The van der Waals surface area contributed by atoms with E-state index in [-0.39, 0.29) is 0 Å². The Hall–Kier alpha value is -17.3. The standard InChI is InChI=1S/2C59H32N4O2S/c1-3-15-36-33(13-1)27-29-47-52(36)53-37-16-4-2-14-34(37)28-30-48(53)63(47)35-31-45-40-19-7-10-26-51(40)66-56(45)46(32-35)59-61-57(43-22-11-20-41-38-17-5-8-24-49(38)64-54(41)43)60-58(62-59)44-23-12-21-42-39-18-6-9-25-50(39)65-55(42)44;1-3-14-37-33(12-1)25-28-47-53(37)54-38-15-4-2-13-34(38)26-29-48(54)63(47)36-31-45-42-18-7-10-23-52(42)66-56(45)46(32-36)59-61-57(35-24-27-41-39-16-5-8-21-49(39)64-51(41)30-35)60-58(62-59)44-20-11-19-43-40-17-6-9-22-50(40)65-55(43)44/h2*1-32H. The van der Waals surface area contributed by atoms with Crippen molar-refractivity contribution < 1.29 is 17.7 Å². The summed E-state index contributed by atoms with van der Waals surface area (Å²) in [6, 6.07) is 137. The van der Waals surface area contributed by atoms with Crippen molar-refractivity contribution in [3.63, 3.8) is 0 Å². The highest BCUT2D eigenvalue weighted by atomic mass is 32.1. The number of thiophene rings is 2. The fraction of sp³-hybridized carbons (Fsp3) is 0. The zero-order chi connectivity index (χ0) is 86.1. The van der Waals surface area contributed by atoms with Crippen LogP contribution < -0.4 is 0 Å². The van der Waals surface area contributed by atoms with Crippen molar-refractivity contribution in [3.8, 4) is 79.7 Å². The molecule has 14 heteroatoms. The van der Waals surface area contributed by atoms with Crippen LogP contribution in [0.15, 0.2) is 406 Å². The van der Waals surface area contributed by atoms with Gasteiger partial charge < -0.3 is 26.8 Å². The number of nitrogens with zero attached hydrogens (tertiary/aromatic N) is 8. The van der Waals surface area contributed by atoms with Crippen LogP contribution in [0.2, 0.25) is 0 Å². The molecule has 0 saturated heterocycles. The van der Waals surface area contributed by atoms with Gasteiger partial charge in [0.1, 0.15) is 44.7 Å². The van der Waals surface area contributed by atoms with Crippen LogP contribution in [0.4, 0.5) is 0 Å². The Morgan fingerprint density at radius 2 is 0.477 bits per heavy atom. The van der Waals surface area contributed by atoms with Crippen molar-refractivity contribution in [1.29, 1.82) is 0 Å². The van der Waals surface area contributed by atoms with Gasteiger partial charge in [-0.15, -0.1) is 22.7 Å². The third-order valence-electron chi connectivity index (χ3n) is 26.9. The van der Waals surface area contributed by atoms with Gasteiger partial charge in [0.2, 0.25) is 0 Å². The molecule has 0 aliphatic rings. The highest BCUT2D eigenvalue weighted by Gasteiger charge is 2.29. The second-order valence-corrected chi connectivity index (χ2v) is 36.2. The van der Waals surface area contributed by atoms with Gasteiger partial charge in [0.25, 0.3) is 0 Å². The van der Waals surface area contributed by atoms with E-state index in [4.69, 9.17) is 47.6 Å². The minimum Gasteiger partial charge on any atom is -0.456 e. The summed E-state index contributed by atoms with van der Waals surface area (Å²) in [6.45, 7) is 0. The highest BCUT2D eigenvalue weighted by molar-refractivity contribution is 7.26. The molecule has 10 heterocycles. The third kappa shape index (κ3) is 10.9. The molecule has 0 aliphatic heterocycles. The molecule has 0 bridgehead atoms. The van der Waals surface area contributed by atoms with Gasteiger partial charge in [0.15, 0.2) is 34.9 Å². The summed E-state index contributed by atoms with van der Waals surface area (Å²) in [4.78, 5) is 32.5. The topological polar surface area (TPSA) is 140 Å². The molecule has 0 radical (unpaired) electrons. The van der Waals surface area contributed by atoms with E-state index in [1.807, 2.05) is 91.0 Å². The Labute approximate surface area is 756 Å². The Kier molecular flexibility index (Phi) is 15.5. The summed E-state index contributed by atoms with van der Waals surface area (Å²) < 4.78 is 35.8. The smallest absolute Gasteiger partial charge is 0.167 e. The number of hydrogen-bond donors (Lipinski definition) is 0. The monoisotopic (exact) mass is 1720 g/mol. The van der Waals surface area contributed by atoms with Crippen molar-refractivity contribution in [1.82, 2.24) is 39.0 Å². The largest absolute Gasteiger partial charge is 0.456 e. The number of benzene rings is 20. The molecule has 0 N–H and O–H groups in total. The van der Waals surface area contributed by atoms with E-state index in [1.54, 1.807) is 22.7 Å². The summed E-state index contributed by atoms with van der Waals surface area (Å²) in [5.74, 6) is 3.23. The predicted molar refractivity (Wildman–Crippen MR) is 546 cm³/mol. The van der Waals surface area contributed by atoms with E-state index in [0.717, 1.165) is 175 Å². The average Bonchev–Trinajstić information content (AvgIpc) is 1.55. The molecule has 0 saturated carbocycles. The maximum absolute atomic E-state index is 6.64. The molecule has 0 fully saturated rings. The zero-order valence-electron chi connectivity index (χ0n) is 70.0. The summed E-state index contributed by atoms with van der Waals surface area (Å²) >= 11 is 3.54. The van der Waals surface area contributed by atoms with Crippen LogP contribution in [0.3, 0.4) is 0 Å². The third-order valence-corrected chi connectivity index (χ3v) is 29.3. The van der Waals surface area contributed by atoms with Crippen LogP contribution in [0.25, 0.3) is 295 Å². The van der Waals surface area contributed by atoms with Gasteiger partial charge in [0.05, 0.1) is 38.8 Å². The van der Waals surface area contributed by atoms with Crippen molar-refractivity contribution in [2.75, 3.05) is 0 Å². The minimum absolute atomic E-state index is 0.516. The van der Waals surface area contributed by atoms with Gasteiger partial charge in [-0.05, 0) is 158 Å². The first kappa shape index (κ1) is 72.8. The molecule has 0 aliphatic carbocycles. The van der Waals surface area contributed by atoms with E-state index < -0.39 is 0 Å². The molecule has 132 heavy (non-hydrogen) atoms. The Morgan fingerprint density at radius 3 is 0.848 bits per heavy atom. The van der Waals surface area contributed by atoms with E-state index in [2.05, 4.69) is 306 Å². The molecular weight excluding hydrogens is 1660 g/mol. The Morgan fingerprint density at radius 1 is 0.189 bits per heavy atom. The second kappa shape index (κ2) is 28.1. The summed E-state index contributed by atoms with van der Waals surface area (Å²) in [7, 11) is 0. The number of rotatable bonds is 8. The van der Waals surface area contributed by atoms with Gasteiger partial charge in [0, 0.05) is 133 Å². The Balaban J connectivity index is 0.000000129. The lowest BCUT2D eigenvalue weighted by Crippen LogP contribution is -2.02. The van der Waals surface area contributed by atoms with Crippen LogP contribution in [-0.2, 0) is 0 Å². The molecule has 0 amide bonds. The average molecular weight is 1720 g/mol. The van der Waals surface area contributed by atoms with Gasteiger partial charge in [-0.2, -0.15) is 0 Å². The van der Waals surface area contributed by atoms with Gasteiger partial charge in [-0.3, -0.25) is 0 Å². The maximum Gasteiger partial charge on any atom is 0.167 e. The summed E-state index contributed by atoms with van der Waals surface area (Å²) in [6.07, 6.45) is 0. The van der Waals surface area contributed by atoms with Crippen molar-refractivity contribution in [2.45, 2.75) is 0 Å². The summed E-state index contributed by atoms with van der Waals surface area (Å²) in [5.41, 5.74) is 17.9. The predicted octanol–water partition coefficient (Wildman–Crippen LogP) is 32.9. The molecular formula is C118H64N8O4S2. The Bertz CT molecular complexity index is 9950. The van der Waals surface area contributed by atoms with E-state index in [1.165, 1.54) is 84.8 Å². The van der Waals surface area contributed by atoms with Crippen LogP contribution >= 0.6 is 22.7 Å². The molecule has 10 aromatic heterocycles. The van der Waals surface area contributed by atoms with Crippen LogP contribution in [0.5, 0.6) is 0 Å². The molecule has 612 valence electrons. The molecule has 30 rings (SSSR count). The van der Waals surface area contributed by atoms with Crippen LogP contribution in [-0.4, -0.2) is 39.0 Å². The molecule has 30 aromatic rings. The van der Waals surface area contributed by atoms with E-state index >= 15 is 0 Å². The van der Waals surface area contributed by atoms with Gasteiger partial charge >= 0.3 is 0 Å². The molecule has 20 aromatic carbocycles. The SMILES string of the molecule is c1ccc2c(c1)ccc1c2c2c3ccccc3ccc2n1-c1cc(-c2nc(-c3ccc4c(c3)oc3ccccc34)nc(-c3cccc4c3oc3ccccc34)n2)c2sc3ccccc3c2c1.c1ccc2c(c1)ccc1c2c2c3ccccc3ccc2n1-c1cc(-c2nc(-c3cccc4c3oc3ccccc34)nc(-c3cccc4c3oc3ccccc34)n2)c2sc3ccccc3c2c1. The summed E-state index contributed by atoms with van der Waals surface area (Å²) in [5, 5.41) is 27.6. The number of furan rings is 4. The lowest BCUT2D eigenvalue weighted by Gasteiger charge is -2.13. The fourth-order valence-electron chi connectivity index (χ4n) is 21.0. The van der Waals surface area contributed by atoms with E-state index in [9.17, 15) is 0 Å². The molecule has 0 atom stereocenters. The molecule has 12 nitrogen and oxygen atoms in total. The van der Waals surface area contributed by atoms with Crippen LogP contribution in [0, 0.1) is 0 Å². The first-order chi connectivity index (χ1) is 65.4. The fourth-order valence-corrected chi connectivity index (χ4v) is 23.4. The first-order valence-corrected chi connectivity index (χ1v) is 45.8. The zero-order valence-corrected chi connectivity index (χ0v) is 71.6. The van der Waals surface area contributed by atoms with Crippen molar-refractivity contribution in [3.05, 3.63) is 388 Å². The van der Waals surface area contributed by atoms with Crippen molar-refractivity contribution in [2.24, 2.45) is 0 Å². The first-order valence-electron chi connectivity index (χ1n) is 44.2. The van der Waals surface area contributed by atoms with Gasteiger partial charge in [-0.1, -0.05) is 273 Å². The minimum atomic E-state index is 0.516. The quantitative estimate of drug-likeness (QED) is 0.144. The lowest BCUT2D eigenvalue weighted by molar-refractivity contribution is 0.668. The number of hydrogen-bond acceptors (Lipinski definition) is 12. The molecule has 0 spiro atoms. The lowest BCUT2D eigenvalue weighted by atomic mass is 10.00. The van der Waals surface area contributed by atoms with E-state index in [0.29, 0.717) is 34.9 Å². The van der Waals surface area contributed by atoms with Crippen LogP contribution in [0.1, 0.15) is 0 Å². The maximum atomic E-state index is 6.64. The number of para-hydroxylation sites is 7. The number of fused-ring (bicyclic) bond motifs is 32.